The van der Waals surface area contributed by atoms with Gasteiger partial charge in [-0.2, -0.15) is 0 Å². The fraction of sp³-hybridized carbons (Fsp3) is 0.759. The van der Waals surface area contributed by atoms with Gasteiger partial charge in [0.15, 0.2) is 5.96 Å². The average molecular weight is 658 g/mol. The van der Waals surface area contributed by atoms with Crippen molar-refractivity contribution in [1.82, 2.24) is 26.6 Å². The Morgan fingerprint density at radius 1 is 0.761 bits per heavy atom. The molecule has 17 nitrogen and oxygen atoms in total. The second kappa shape index (κ2) is 21.7. The monoisotopic (exact) mass is 657 g/mol. The number of carboxylic acid groups (broad SMARTS) is 1. The summed E-state index contributed by atoms with van der Waals surface area (Å²) >= 11 is 0. The highest BCUT2D eigenvalue weighted by Crippen LogP contribution is 2.11. The van der Waals surface area contributed by atoms with E-state index in [4.69, 9.17) is 17.2 Å². The number of nitrogens with zero attached hydrogens (tertiary/aromatic N) is 1. The Bertz CT molecular complexity index is 1050. The third-order valence-electron chi connectivity index (χ3n) is 7.01. The van der Waals surface area contributed by atoms with Crippen LogP contribution in [-0.2, 0) is 28.8 Å². The second-order valence-electron chi connectivity index (χ2n) is 12.2. The minimum atomic E-state index is -1.22. The number of aliphatic hydroxyl groups is 1. The molecule has 0 spiro atoms. The molecule has 0 heterocycles. The topological polar surface area (TPSA) is 293 Å². The number of nitrogens with two attached hydrogens (primary N) is 3. The number of carbonyl (C=O) groups is 6. The minimum Gasteiger partial charge on any atom is -0.480 e. The van der Waals surface area contributed by atoms with E-state index in [2.05, 4.69) is 31.6 Å². The normalized spacial score (nSPS) is 15.0. The summed E-state index contributed by atoms with van der Waals surface area (Å²) in [5, 5.41) is 31.3. The molecule has 5 amide bonds. The SMILES string of the molecule is CC[C@H](C)[C@H](NC(=O)[C@H](CC(C)C)NC(=O)[C@H](N)CO)C(=O)NCC(=O)N[C@@H](CCCN=C(N)N)C(=O)N[C@H](CC(C)C)C(=O)O. The number of carbonyl (C=O) groups excluding carboxylic acids is 5. The molecule has 0 saturated heterocycles. The van der Waals surface area contributed by atoms with Crippen molar-refractivity contribution >= 4 is 41.5 Å². The zero-order valence-corrected chi connectivity index (χ0v) is 27.8. The zero-order chi connectivity index (χ0) is 35.6. The Labute approximate surface area is 270 Å². The van der Waals surface area contributed by atoms with E-state index in [9.17, 15) is 39.0 Å². The molecule has 13 N–H and O–H groups in total. The summed E-state index contributed by atoms with van der Waals surface area (Å²) in [5.74, 6) is -5.26. The van der Waals surface area contributed by atoms with E-state index in [0.717, 1.165) is 0 Å². The third kappa shape index (κ3) is 16.9. The Kier molecular flexibility index (Phi) is 19.8. The number of amides is 5. The smallest absolute Gasteiger partial charge is 0.326 e. The first-order chi connectivity index (χ1) is 21.4. The van der Waals surface area contributed by atoms with Crippen LogP contribution < -0.4 is 43.8 Å². The van der Waals surface area contributed by atoms with Crippen molar-refractivity contribution in [3.05, 3.63) is 0 Å². The molecule has 0 radical (unpaired) electrons. The second-order valence-corrected chi connectivity index (χ2v) is 12.2. The first-order valence-electron chi connectivity index (χ1n) is 15.6. The molecular formula is C29H55N9O8. The largest absolute Gasteiger partial charge is 0.480 e. The molecule has 264 valence electrons. The Morgan fingerprint density at radius 3 is 1.80 bits per heavy atom. The van der Waals surface area contributed by atoms with Gasteiger partial charge in [-0.05, 0) is 43.4 Å². The lowest BCUT2D eigenvalue weighted by atomic mass is 9.96. The van der Waals surface area contributed by atoms with Crippen LogP contribution in [0, 0.1) is 17.8 Å². The highest BCUT2D eigenvalue weighted by molar-refractivity contribution is 5.95. The van der Waals surface area contributed by atoms with Crippen LogP contribution in [-0.4, -0.2) is 102 Å². The highest BCUT2D eigenvalue weighted by Gasteiger charge is 2.32. The lowest BCUT2D eigenvalue weighted by molar-refractivity contribution is -0.142. The van der Waals surface area contributed by atoms with Crippen LogP contribution in [0.4, 0.5) is 0 Å². The molecule has 0 rings (SSSR count). The van der Waals surface area contributed by atoms with Crippen molar-refractivity contribution in [2.45, 2.75) is 104 Å². The van der Waals surface area contributed by atoms with Gasteiger partial charge in [0, 0.05) is 6.54 Å². The van der Waals surface area contributed by atoms with Crippen LogP contribution in [0.15, 0.2) is 4.99 Å². The molecule has 0 aromatic heterocycles. The number of nitrogens with one attached hydrogen (secondary N) is 5. The molecule has 0 aliphatic carbocycles. The number of hydrogen-bond acceptors (Lipinski definition) is 9. The van der Waals surface area contributed by atoms with Crippen LogP contribution in [0.25, 0.3) is 0 Å². The van der Waals surface area contributed by atoms with E-state index >= 15 is 0 Å². The molecule has 6 atom stereocenters. The maximum Gasteiger partial charge on any atom is 0.326 e. The predicted octanol–water partition coefficient (Wildman–Crippen LogP) is -2.36. The van der Waals surface area contributed by atoms with Gasteiger partial charge in [0.25, 0.3) is 0 Å². The van der Waals surface area contributed by atoms with E-state index in [1.54, 1.807) is 6.92 Å². The number of carboxylic acids is 1. The third-order valence-corrected chi connectivity index (χ3v) is 7.01. The van der Waals surface area contributed by atoms with Gasteiger partial charge in [-0.3, -0.25) is 29.0 Å². The van der Waals surface area contributed by atoms with Gasteiger partial charge < -0.3 is 54.0 Å². The summed E-state index contributed by atoms with van der Waals surface area (Å²) in [6, 6.07) is -5.65. The van der Waals surface area contributed by atoms with Crippen LogP contribution >= 0.6 is 0 Å². The van der Waals surface area contributed by atoms with Crippen molar-refractivity contribution < 1.29 is 39.0 Å². The van der Waals surface area contributed by atoms with Crippen LogP contribution in [0.3, 0.4) is 0 Å². The summed E-state index contributed by atoms with van der Waals surface area (Å²) in [7, 11) is 0. The molecule has 0 aliphatic heterocycles. The van der Waals surface area contributed by atoms with E-state index in [1.165, 1.54) is 0 Å². The van der Waals surface area contributed by atoms with Crippen molar-refractivity contribution in [3.8, 4) is 0 Å². The van der Waals surface area contributed by atoms with E-state index in [0.29, 0.717) is 6.42 Å². The lowest BCUT2D eigenvalue weighted by Gasteiger charge is -2.27. The number of aliphatic carboxylic acids is 1. The van der Waals surface area contributed by atoms with Gasteiger partial charge in [0.2, 0.25) is 29.5 Å². The molecule has 17 heteroatoms. The number of guanidine groups is 1. The van der Waals surface area contributed by atoms with Crippen LogP contribution in [0.5, 0.6) is 0 Å². The number of rotatable bonds is 22. The van der Waals surface area contributed by atoms with Gasteiger partial charge in [0.1, 0.15) is 30.2 Å². The minimum absolute atomic E-state index is 0.0123. The zero-order valence-electron chi connectivity index (χ0n) is 27.8. The van der Waals surface area contributed by atoms with Crippen molar-refractivity contribution in [2.24, 2.45) is 39.9 Å². The first kappa shape index (κ1) is 42.0. The molecule has 0 aromatic rings. The molecule has 0 fully saturated rings. The van der Waals surface area contributed by atoms with Crippen molar-refractivity contribution in [3.63, 3.8) is 0 Å². The first-order valence-corrected chi connectivity index (χ1v) is 15.6. The van der Waals surface area contributed by atoms with Crippen molar-refractivity contribution in [1.29, 1.82) is 0 Å². The maximum atomic E-state index is 13.2. The summed E-state index contributed by atoms with van der Waals surface area (Å²) in [6.07, 6.45) is 1.25. The molecule has 0 aliphatic rings. The molecule has 0 unspecified atom stereocenters. The fourth-order valence-corrected chi connectivity index (χ4v) is 4.28. The fourth-order valence-electron chi connectivity index (χ4n) is 4.28. The summed E-state index contributed by atoms with van der Waals surface area (Å²) in [5.41, 5.74) is 16.3. The molecule has 0 bridgehead atoms. The summed E-state index contributed by atoms with van der Waals surface area (Å²) in [6.45, 7) is 9.84. The lowest BCUT2D eigenvalue weighted by Crippen LogP contribution is -2.58. The molecular weight excluding hydrogens is 602 g/mol. The van der Waals surface area contributed by atoms with Gasteiger partial charge >= 0.3 is 5.97 Å². The number of aliphatic imine (C=N–C) groups is 1. The van der Waals surface area contributed by atoms with Crippen LogP contribution in [0.2, 0.25) is 0 Å². The van der Waals surface area contributed by atoms with E-state index < -0.39 is 78.9 Å². The quantitative estimate of drug-likeness (QED) is 0.0334. The van der Waals surface area contributed by atoms with E-state index in [-0.39, 0.29) is 55.9 Å². The maximum absolute atomic E-state index is 13.2. The van der Waals surface area contributed by atoms with Crippen molar-refractivity contribution in [2.75, 3.05) is 19.7 Å². The Balaban J connectivity index is 5.66. The molecule has 0 aromatic carbocycles. The summed E-state index contributed by atoms with van der Waals surface area (Å²) in [4.78, 5) is 80.1. The van der Waals surface area contributed by atoms with Crippen LogP contribution in [0.1, 0.15) is 73.6 Å². The standard InChI is InChI=1S/C29H55N9O8/c1-7-17(6)23(38-26(43)20(11-15(2)3)36-24(41)18(30)14-39)27(44)34-13-22(40)35-19(9-8-10-33-29(31)32)25(42)37-21(28(45)46)12-16(4)5/h15-21,23,39H,7-14,30H2,1-6H3,(H,34,44)(H,35,40)(H,36,41)(H,37,42)(H,38,43)(H,45,46)(H4,31,32,33)/t17-,18+,19-,20-,21+,23-/m0/s1. The van der Waals surface area contributed by atoms with E-state index in [1.807, 2.05) is 34.6 Å². The number of aliphatic hydroxyl groups excluding tert-OH is 1. The van der Waals surface area contributed by atoms with Gasteiger partial charge in [0.05, 0.1) is 13.2 Å². The molecule has 46 heavy (non-hydrogen) atoms. The Morgan fingerprint density at radius 2 is 1.30 bits per heavy atom. The van der Waals surface area contributed by atoms with Gasteiger partial charge in [-0.1, -0.05) is 48.0 Å². The highest BCUT2D eigenvalue weighted by atomic mass is 16.4. The van der Waals surface area contributed by atoms with Gasteiger partial charge in [-0.15, -0.1) is 0 Å². The molecule has 0 saturated carbocycles. The predicted molar refractivity (Wildman–Crippen MR) is 172 cm³/mol. The summed E-state index contributed by atoms with van der Waals surface area (Å²) < 4.78 is 0. The van der Waals surface area contributed by atoms with Gasteiger partial charge in [-0.25, -0.2) is 4.79 Å². The number of hydrogen-bond donors (Lipinski definition) is 10. The Hall–Kier alpha value is -3.99. The average Bonchev–Trinajstić information content (AvgIpc) is 2.97.